The maximum absolute atomic E-state index is 11.6. The summed E-state index contributed by atoms with van der Waals surface area (Å²) < 4.78 is 4.42. The smallest absolute Gasteiger partial charge is 0.396 e. The van der Waals surface area contributed by atoms with Crippen LogP contribution in [0.25, 0.3) is 0 Å². The second kappa shape index (κ2) is 4.73. The van der Waals surface area contributed by atoms with E-state index in [2.05, 4.69) is 10.1 Å². The highest BCUT2D eigenvalue weighted by Crippen LogP contribution is 2.25. The molecule has 0 saturated carbocycles. The lowest BCUT2D eigenvalue weighted by molar-refractivity contribution is -0.159. The molecule has 2 rings (SSSR count). The maximum Gasteiger partial charge on any atom is 0.396 e. The van der Waals surface area contributed by atoms with E-state index in [9.17, 15) is 14.4 Å². The number of hydrogen-bond acceptors (Lipinski definition) is 4. The van der Waals surface area contributed by atoms with Gasteiger partial charge in [0.25, 0.3) is 0 Å². The first-order valence-corrected chi connectivity index (χ1v) is 5.78. The minimum Gasteiger partial charge on any atom is -0.462 e. The number of carbonyl (C=O) groups is 3. The van der Waals surface area contributed by atoms with E-state index in [-0.39, 0.29) is 17.9 Å². The van der Waals surface area contributed by atoms with Gasteiger partial charge in [-0.15, -0.1) is 0 Å². The molecule has 2 fully saturated rings. The van der Waals surface area contributed by atoms with Crippen LogP contribution in [-0.2, 0) is 19.1 Å². The van der Waals surface area contributed by atoms with Gasteiger partial charge in [0.05, 0.1) is 7.11 Å². The van der Waals surface area contributed by atoms with Gasteiger partial charge in [0.1, 0.15) is 0 Å². The number of fused-ring (bicyclic) bond motifs is 1. The van der Waals surface area contributed by atoms with Crippen molar-refractivity contribution in [1.29, 1.82) is 0 Å². The lowest BCUT2D eigenvalue weighted by Crippen LogP contribution is -2.56. The quantitative estimate of drug-likeness (QED) is 0.448. The van der Waals surface area contributed by atoms with Gasteiger partial charge in [-0.25, -0.2) is 4.79 Å². The molecule has 2 saturated heterocycles. The fraction of sp³-hybridized carbons (Fsp3) is 0.727. The Kier molecular flexibility index (Phi) is 3.31. The molecule has 2 aliphatic rings. The van der Waals surface area contributed by atoms with Crippen LogP contribution in [0, 0.1) is 5.92 Å². The van der Waals surface area contributed by atoms with Gasteiger partial charge in [0.15, 0.2) is 0 Å². The third kappa shape index (κ3) is 2.40. The summed E-state index contributed by atoms with van der Waals surface area (Å²) in [5.74, 6) is -1.06. The van der Waals surface area contributed by atoms with E-state index in [0.717, 1.165) is 6.42 Å². The molecule has 0 aliphatic carbocycles. The zero-order valence-corrected chi connectivity index (χ0v) is 9.77. The molecule has 2 unspecified atom stereocenters. The first kappa shape index (κ1) is 11.9. The Bertz CT molecular complexity index is 355. The highest BCUT2D eigenvalue weighted by Gasteiger charge is 2.36. The van der Waals surface area contributed by atoms with Gasteiger partial charge < -0.3 is 15.0 Å². The molecule has 0 spiro atoms. The molecule has 1 N–H and O–H groups in total. The molecule has 6 heteroatoms. The molecular weight excluding hydrogens is 224 g/mol. The molecule has 2 amide bonds. The van der Waals surface area contributed by atoms with Crippen molar-refractivity contribution in [3.8, 4) is 0 Å². The number of ether oxygens (including phenoxy) is 1. The van der Waals surface area contributed by atoms with Crippen LogP contribution in [0.4, 0.5) is 0 Å². The summed E-state index contributed by atoms with van der Waals surface area (Å²) in [5, 5.41) is 2.93. The highest BCUT2D eigenvalue weighted by molar-refractivity contribution is 6.32. The van der Waals surface area contributed by atoms with Crippen molar-refractivity contribution in [2.24, 2.45) is 5.92 Å². The van der Waals surface area contributed by atoms with Crippen molar-refractivity contribution >= 4 is 17.8 Å². The van der Waals surface area contributed by atoms with E-state index < -0.39 is 11.9 Å². The van der Waals surface area contributed by atoms with Gasteiger partial charge in [0, 0.05) is 25.6 Å². The molecule has 0 aromatic heterocycles. The first-order valence-electron chi connectivity index (χ1n) is 5.78. The van der Waals surface area contributed by atoms with Crippen molar-refractivity contribution in [3.05, 3.63) is 0 Å². The largest absolute Gasteiger partial charge is 0.462 e. The highest BCUT2D eigenvalue weighted by atomic mass is 16.5. The van der Waals surface area contributed by atoms with E-state index in [1.165, 1.54) is 12.0 Å². The Balaban J connectivity index is 1.96. The fourth-order valence-corrected chi connectivity index (χ4v) is 2.51. The first-order chi connectivity index (χ1) is 8.11. The zero-order chi connectivity index (χ0) is 12.4. The van der Waals surface area contributed by atoms with Crippen LogP contribution in [0.3, 0.4) is 0 Å². The van der Waals surface area contributed by atoms with Crippen molar-refractivity contribution in [1.82, 2.24) is 10.2 Å². The second-order valence-electron chi connectivity index (χ2n) is 4.50. The van der Waals surface area contributed by atoms with Gasteiger partial charge in [-0.3, -0.25) is 9.59 Å². The Labute approximate surface area is 99.3 Å². The molecule has 17 heavy (non-hydrogen) atoms. The monoisotopic (exact) mass is 240 g/mol. The summed E-state index contributed by atoms with van der Waals surface area (Å²) in [6, 6.07) is 0.151. The van der Waals surface area contributed by atoms with E-state index in [1.54, 1.807) is 0 Å². The Hall–Kier alpha value is -1.59. The number of methoxy groups -OCH3 is 1. The van der Waals surface area contributed by atoms with E-state index in [1.807, 2.05) is 0 Å². The summed E-state index contributed by atoms with van der Waals surface area (Å²) in [4.78, 5) is 35.5. The number of nitrogens with zero attached hydrogens (tertiary/aromatic N) is 1. The third-order valence-electron chi connectivity index (χ3n) is 3.47. The van der Waals surface area contributed by atoms with Crippen LogP contribution in [-0.4, -0.2) is 48.9 Å². The Morgan fingerprint density at radius 1 is 1.41 bits per heavy atom. The van der Waals surface area contributed by atoms with Crippen LogP contribution in [0.5, 0.6) is 0 Å². The number of rotatable bonds is 0. The van der Waals surface area contributed by atoms with Crippen molar-refractivity contribution in [2.75, 3.05) is 20.2 Å². The summed E-state index contributed by atoms with van der Waals surface area (Å²) in [6.45, 7) is 1.02. The van der Waals surface area contributed by atoms with Gasteiger partial charge in [0.2, 0.25) is 5.91 Å². The van der Waals surface area contributed by atoms with Crippen LogP contribution in [0.15, 0.2) is 0 Å². The SMILES string of the molecule is COC(=O)C(=O)N1CCC2NC(=O)CCC2C1. The number of nitrogens with one attached hydrogen (secondary N) is 1. The molecule has 94 valence electrons. The van der Waals surface area contributed by atoms with Crippen LogP contribution in [0.1, 0.15) is 19.3 Å². The fourth-order valence-electron chi connectivity index (χ4n) is 2.51. The average Bonchev–Trinajstić information content (AvgIpc) is 2.36. The molecule has 2 aliphatic heterocycles. The summed E-state index contributed by atoms with van der Waals surface area (Å²) in [6.07, 6.45) is 1.99. The van der Waals surface area contributed by atoms with Gasteiger partial charge in [-0.05, 0) is 18.8 Å². The van der Waals surface area contributed by atoms with Gasteiger partial charge in [-0.1, -0.05) is 0 Å². The van der Waals surface area contributed by atoms with Gasteiger partial charge in [-0.2, -0.15) is 0 Å². The molecule has 0 aromatic carbocycles. The summed E-state index contributed by atoms with van der Waals surface area (Å²) in [7, 11) is 1.20. The molecule has 0 aromatic rings. The molecule has 0 bridgehead atoms. The van der Waals surface area contributed by atoms with E-state index in [4.69, 9.17) is 0 Å². The molecular formula is C11H16N2O4. The number of amides is 2. The summed E-state index contributed by atoms with van der Waals surface area (Å²) in [5.41, 5.74) is 0. The maximum atomic E-state index is 11.6. The minimum absolute atomic E-state index is 0.0824. The van der Waals surface area contributed by atoms with Crippen molar-refractivity contribution in [3.63, 3.8) is 0 Å². The number of carbonyl (C=O) groups excluding carboxylic acids is 3. The molecule has 6 nitrogen and oxygen atoms in total. The average molecular weight is 240 g/mol. The molecule has 0 radical (unpaired) electrons. The topological polar surface area (TPSA) is 75.7 Å². The van der Waals surface area contributed by atoms with Gasteiger partial charge >= 0.3 is 11.9 Å². The normalized spacial score (nSPS) is 28.1. The van der Waals surface area contributed by atoms with E-state index in [0.29, 0.717) is 25.9 Å². The minimum atomic E-state index is -0.816. The molecule has 2 atom stereocenters. The lowest BCUT2D eigenvalue weighted by Gasteiger charge is -2.40. The van der Waals surface area contributed by atoms with Crippen molar-refractivity contribution in [2.45, 2.75) is 25.3 Å². The number of piperidine rings is 2. The van der Waals surface area contributed by atoms with Crippen LogP contribution < -0.4 is 5.32 Å². The number of hydrogen-bond donors (Lipinski definition) is 1. The molecule has 2 heterocycles. The Morgan fingerprint density at radius 2 is 2.18 bits per heavy atom. The number of likely N-dealkylation sites (tertiary alicyclic amines) is 1. The number of esters is 1. The summed E-state index contributed by atoms with van der Waals surface area (Å²) >= 11 is 0. The predicted molar refractivity (Wildman–Crippen MR) is 57.9 cm³/mol. The predicted octanol–water partition coefficient (Wildman–Crippen LogP) is -0.713. The Morgan fingerprint density at radius 3 is 2.88 bits per heavy atom. The standard InChI is InChI=1S/C11H16N2O4/c1-17-11(16)10(15)13-5-4-8-7(6-13)2-3-9(14)12-8/h7-8H,2-6H2,1H3,(H,12,14). The van der Waals surface area contributed by atoms with Crippen LogP contribution >= 0.6 is 0 Å². The lowest BCUT2D eigenvalue weighted by atomic mass is 9.85. The third-order valence-corrected chi connectivity index (χ3v) is 3.47. The van der Waals surface area contributed by atoms with E-state index >= 15 is 0 Å². The van der Waals surface area contributed by atoms with Crippen LogP contribution in [0.2, 0.25) is 0 Å². The van der Waals surface area contributed by atoms with Crippen molar-refractivity contribution < 1.29 is 19.1 Å². The second-order valence-corrected chi connectivity index (χ2v) is 4.50. The zero-order valence-electron chi connectivity index (χ0n) is 9.77.